The summed E-state index contributed by atoms with van der Waals surface area (Å²) in [6.45, 7) is 1.79. The van der Waals surface area contributed by atoms with Crippen molar-refractivity contribution in [3.05, 3.63) is 62.7 Å². The smallest absolute Gasteiger partial charge is 0.269 e. The van der Waals surface area contributed by atoms with Gasteiger partial charge in [0.1, 0.15) is 11.6 Å². The number of aromatic nitrogens is 2. The monoisotopic (exact) mass is 297 g/mol. The average molecular weight is 297 g/mol. The zero-order valence-corrected chi connectivity index (χ0v) is 11.5. The van der Waals surface area contributed by atoms with Crippen molar-refractivity contribution in [1.82, 2.24) is 10.2 Å². The third kappa shape index (κ3) is 1.96. The van der Waals surface area contributed by atoms with E-state index < -0.39 is 10.8 Å². The van der Waals surface area contributed by atoms with Crippen LogP contribution in [-0.2, 0) is 0 Å². The number of aryl methyl sites for hydroxylation is 1. The van der Waals surface area contributed by atoms with E-state index in [9.17, 15) is 15.4 Å². The van der Waals surface area contributed by atoms with E-state index in [1.54, 1.807) is 19.1 Å². The highest BCUT2D eigenvalue weighted by Crippen LogP contribution is 2.42. The van der Waals surface area contributed by atoms with Crippen LogP contribution in [-0.4, -0.2) is 15.1 Å². The molecule has 3 rings (SSSR count). The Morgan fingerprint density at radius 2 is 2.32 bits per heavy atom. The highest BCUT2D eigenvalue weighted by Gasteiger charge is 2.34. The van der Waals surface area contributed by atoms with Crippen molar-refractivity contribution in [2.45, 2.75) is 12.8 Å². The minimum absolute atomic E-state index is 0.0435. The highest BCUT2D eigenvalue weighted by atomic mass is 16.6. The Morgan fingerprint density at radius 1 is 1.55 bits per heavy atom. The predicted molar refractivity (Wildman–Crippen MR) is 75.7 cm³/mol. The van der Waals surface area contributed by atoms with Crippen LogP contribution in [0.1, 0.15) is 22.7 Å². The summed E-state index contributed by atoms with van der Waals surface area (Å²) in [6, 6.07) is 8.13. The van der Waals surface area contributed by atoms with E-state index in [4.69, 9.17) is 10.5 Å². The number of nitrogens with one attached hydrogen (secondary N) is 1. The Balaban J connectivity index is 2.23. The van der Waals surface area contributed by atoms with Gasteiger partial charge in [-0.25, -0.2) is 0 Å². The van der Waals surface area contributed by atoms with E-state index in [-0.39, 0.29) is 23.0 Å². The molecule has 22 heavy (non-hydrogen) atoms. The van der Waals surface area contributed by atoms with E-state index in [2.05, 4.69) is 10.2 Å². The summed E-state index contributed by atoms with van der Waals surface area (Å²) < 4.78 is 5.34. The number of nitrogens with zero attached hydrogens (tertiary/aromatic N) is 3. The topological polar surface area (TPSA) is 131 Å². The lowest BCUT2D eigenvalue weighted by atomic mass is 9.84. The molecule has 0 spiro atoms. The van der Waals surface area contributed by atoms with Crippen molar-refractivity contribution in [3.8, 4) is 11.9 Å². The first-order valence-electron chi connectivity index (χ1n) is 6.39. The molecule has 110 valence electrons. The number of nitriles is 1. The molecule has 2 heterocycles. The first kappa shape index (κ1) is 13.6. The van der Waals surface area contributed by atoms with Crippen LogP contribution in [0.25, 0.3) is 0 Å². The van der Waals surface area contributed by atoms with Crippen LogP contribution in [0.4, 0.5) is 5.69 Å². The number of fused-ring (bicyclic) bond motifs is 1. The molecule has 8 heteroatoms. The van der Waals surface area contributed by atoms with Gasteiger partial charge in [-0.2, -0.15) is 5.26 Å². The van der Waals surface area contributed by atoms with Gasteiger partial charge in [0, 0.05) is 23.4 Å². The first-order chi connectivity index (χ1) is 10.5. The molecule has 0 amide bonds. The van der Waals surface area contributed by atoms with Gasteiger partial charge in [0.05, 0.1) is 10.8 Å². The minimum Gasteiger partial charge on any atom is -0.420 e. The number of H-pyrrole nitrogens is 1. The fourth-order valence-electron chi connectivity index (χ4n) is 2.55. The van der Waals surface area contributed by atoms with Crippen molar-refractivity contribution in [2.75, 3.05) is 0 Å². The average Bonchev–Trinajstić information content (AvgIpc) is 2.86. The summed E-state index contributed by atoms with van der Waals surface area (Å²) in [5, 5.41) is 27.2. The van der Waals surface area contributed by atoms with E-state index in [1.165, 1.54) is 12.1 Å². The molecule has 1 aromatic heterocycles. The van der Waals surface area contributed by atoms with Crippen LogP contribution in [0.15, 0.2) is 35.7 Å². The molecule has 1 aliphatic heterocycles. The second kappa shape index (κ2) is 4.89. The molecule has 8 nitrogen and oxygen atoms in total. The number of rotatable bonds is 2. The molecule has 0 fully saturated rings. The van der Waals surface area contributed by atoms with Gasteiger partial charge in [0.2, 0.25) is 11.8 Å². The number of non-ortho nitro benzene ring substituents is 1. The lowest BCUT2D eigenvalue weighted by Crippen LogP contribution is -2.21. The molecule has 0 saturated heterocycles. The van der Waals surface area contributed by atoms with Gasteiger partial charge in [-0.15, -0.1) is 5.10 Å². The van der Waals surface area contributed by atoms with E-state index in [0.29, 0.717) is 16.8 Å². The van der Waals surface area contributed by atoms with Gasteiger partial charge in [-0.05, 0) is 12.5 Å². The normalized spacial score (nSPS) is 16.6. The molecule has 0 aliphatic carbocycles. The maximum Gasteiger partial charge on any atom is 0.269 e. The second-order valence-electron chi connectivity index (χ2n) is 4.84. The molecule has 0 bridgehead atoms. The molecular weight excluding hydrogens is 286 g/mol. The van der Waals surface area contributed by atoms with Crippen LogP contribution in [0.2, 0.25) is 0 Å². The zero-order valence-electron chi connectivity index (χ0n) is 11.5. The Labute approximate surface area is 125 Å². The minimum atomic E-state index is -0.549. The molecule has 0 radical (unpaired) electrons. The molecule has 1 aliphatic rings. The van der Waals surface area contributed by atoms with Gasteiger partial charge >= 0.3 is 0 Å². The van der Waals surface area contributed by atoms with Gasteiger partial charge in [0.25, 0.3) is 5.69 Å². The third-order valence-electron chi connectivity index (χ3n) is 3.54. The number of aromatic amines is 1. The van der Waals surface area contributed by atoms with Crippen LogP contribution >= 0.6 is 0 Å². The summed E-state index contributed by atoms with van der Waals surface area (Å²) in [7, 11) is 0. The summed E-state index contributed by atoms with van der Waals surface area (Å²) >= 11 is 0. The number of nitro groups is 1. The standard InChI is InChI=1S/C14H11N5O3/c1-7-11-12(8-3-2-4-9(5-8)19(20)21)10(6-15)13(16)22-14(11)18-17-7/h2-5,12H,16H2,1H3,(H,17,18)/t12-/m0/s1. The number of nitrogens with two attached hydrogens (primary N) is 1. The number of benzene rings is 1. The molecule has 3 N–H and O–H groups in total. The number of hydrogen-bond acceptors (Lipinski definition) is 6. The number of hydrogen-bond donors (Lipinski definition) is 2. The molecule has 0 saturated carbocycles. The van der Waals surface area contributed by atoms with E-state index >= 15 is 0 Å². The van der Waals surface area contributed by atoms with Gasteiger partial charge in [-0.1, -0.05) is 12.1 Å². The summed E-state index contributed by atoms with van der Waals surface area (Å²) in [6.07, 6.45) is 0. The largest absolute Gasteiger partial charge is 0.420 e. The predicted octanol–water partition coefficient (Wildman–Crippen LogP) is 1.84. The Kier molecular flexibility index (Phi) is 3.03. The van der Waals surface area contributed by atoms with Crippen molar-refractivity contribution >= 4 is 5.69 Å². The Hall–Kier alpha value is -3.34. The second-order valence-corrected chi connectivity index (χ2v) is 4.84. The van der Waals surface area contributed by atoms with Crippen molar-refractivity contribution in [3.63, 3.8) is 0 Å². The van der Waals surface area contributed by atoms with E-state index in [0.717, 1.165) is 0 Å². The number of allylic oxidation sites excluding steroid dienone is 1. The van der Waals surface area contributed by atoms with Gasteiger partial charge in [-0.3, -0.25) is 15.2 Å². The Bertz CT molecular complexity index is 846. The first-order valence-corrected chi connectivity index (χ1v) is 6.39. The lowest BCUT2D eigenvalue weighted by molar-refractivity contribution is -0.384. The highest BCUT2D eigenvalue weighted by molar-refractivity contribution is 5.56. The molecule has 1 aromatic carbocycles. The van der Waals surface area contributed by atoms with Crippen molar-refractivity contribution in [1.29, 1.82) is 5.26 Å². The maximum atomic E-state index is 11.0. The maximum absolute atomic E-state index is 11.0. The SMILES string of the molecule is Cc1[nH]nc2c1[C@@H](c1cccc([N+](=O)[O-])c1)C(C#N)=C(N)O2. The molecule has 0 unspecified atom stereocenters. The summed E-state index contributed by atoms with van der Waals surface area (Å²) in [5.41, 5.74) is 7.90. The fraction of sp³-hybridized carbons (Fsp3) is 0.143. The van der Waals surface area contributed by atoms with Crippen LogP contribution in [0.5, 0.6) is 5.88 Å². The number of nitro benzene ring substituents is 1. The quantitative estimate of drug-likeness (QED) is 0.642. The van der Waals surface area contributed by atoms with Crippen molar-refractivity contribution < 1.29 is 9.66 Å². The van der Waals surface area contributed by atoms with Crippen molar-refractivity contribution in [2.24, 2.45) is 5.73 Å². The molecular formula is C14H11N5O3. The summed E-state index contributed by atoms with van der Waals surface area (Å²) in [4.78, 5) is 10.5. The van der Waals surface area contributed by atoms with Crippen LogP contribution in [0.3, 0.4) is 0 Å². The zero-order chi connectivity index (χ0) is 15.9. The Morgan fingerprint density at radius 3 is 3.00 bits per heavy atom. The van der Waals surface area contributed by atoms with E-state index in [1.807, 2.05) is 6.07 Å². The lowest BCUT2D eigenvalue weighted by Gasteiger charge is -2.23. The summed E-state index contributed by atoms with van der Waals surface area (Å²) in [5.74, 6) is -0.309. The van der Waals surface area contributed by atoms with Gasteiger partial charge in [0.15, 0.2) is 0 Å². The third-order valence-corrected chi connectivity index (χ3v) is 3.54. The molecule has 2 aromatic rings. The fourth-order valence-corrected chi connectivity index (χ4v) is 2.55. The molecule has 1 atom stereocenters. The number of ether oxygens (including phenoxy) is 1. The van der Waals surface area contributed by atoms with Crippen LogP contribution in [0, 0.1) is 28.4 Å². The van der Waals surface area contributed by atoms with Crippen LogP contribution < -0.4 is 10.5 Å². The van der Waals surface area contributed by atoms with Gasteiger partial charge < -0.3 is 10.5 Å².